The van der Waals surface area contributed by atoms with Crippen LogP contribution in [0, 0.1) is 0 Å². The molecule has 0 aliphatic carbocycles. The third-order valence-electron chi connectivity index (χ3n) is 27.8. The van der Waals surface area contributed by atoms with Crippen molar-refractivity contribution in [3.63, 3.8) is 0 Å². The lowest BCUT2D eigenvalue weighted by atomic mass is 9.99. The standard InChI is InChI=1S/3C45H29N5/c1-4-15-30(16-5-1)32-19-14-20-33(27-32)44-46-43(31-17-6-2-7-18-31)47-45(48-44)50-40-26-13-11-24-36(40)38-28-37-35-23-10-12-25-39(35)49(41(37)29-42(38)50)34-21-8-3-9-22-34;1-4-14-30(15-5-1)31-24-26-33(27-25-31)44-46-43(32-16-6-2-7-17-32)47-45(48-44)50-40-23-13-11-21-36(40)38-28-37-35-20-10-12-22-39(35)49(41(37)29-42(38)50)34-18-8-3-9-19-34;1-4-16-30(17-5-1)33-22-10-11-25-36(33)44-46-43(31-18-6-2-7-19-31)47-45(48-44)50-40-27-15-13-24-35(40)38-28-37-34-23-12-14-26-39(34)49(41(37)29-42(38)50)32-20-8-3-9-21-32/h3*1-29H/i1D,4D,5D,15D,16D;1D,4D,5D,14D,15D;1D,4D,5D,16D,17D. The van der Waals surface area contributed by atoms with Crippen LogP contribution in [-0.2, 0) is 0 Å². The van der Waals surface area contributed by atoms with Gasteiger partial charge in [-0.05, 0) is 149 Å². The fourth-order valence-corrected chi connectivity index (χ4v) is 21.1. The molecule has 0 aliphatic rings. The van der Waals surface area contributed by atoms with Crippen LogP contribution in [0.3, 0.4) is 0 Å². The highest BCUT2D eigenvalue weighted by Crippen LogP contribution is 2.46. The van der Waals surface area contributed by atoms with Crippen LogP contribution in [0.1, 0.15) is 20.6 Å². The third kappa shape index (κ3) is 15.3. The van der Waals surface area contributed by atoms with Crippen LogP contribution in [0.4, 0.5) is 0 Å². The molecular weight excluding hydrogens is 1830 g/mol. The Labute approximate surface area is 882 Å². The first-order chi connectivity index (χ1) is 80.6. The van der Waals surface area contributed by atoms with E-state index in [9.17, 15) is 0 Å². The molecular formula is C135H87N15. The molecule has 30 rings (SSSR count). The van der Waals surface area contributed by atoms with Crippen molar-refractivity contribution in [2.75, 3.05) is 0 Å². The summed E-state index contributed by atoms with van der Waals surface area (Å²) in [5.41, 5.74) is 21.2. The van der Waals surface area contributed by atoms with Gasteiger partial charge in [0.25, 0.3) is 0 Å². The summed E-state index contributed by atoms with van der Waals surface area (Å²) < 4.78 is 139. The van der Waals surface area contributed by atoms with Crippen LogP contribution < -0.4 is 0 Å². The Balaban J connectivity index is 0.000000116. The maximum Gasteiger partial charge on any atom is 0.238 e. The van der Waals surface area contributed by atoms with E-state index in [1.54, 1.807) is 42.5 Å². The predicted molar refractivity (Wildman–Crippen MR) is 614 cm³/mol. The molecule has 150 heavy (non-hydrogen) atoms. The zero-order chi connectivity index (χ0) is 112. The summed E-state index contributed by atoms with van der Waals surface area (Å²) >= 11 is 0. The number of hydrogen-bond acceptors (Lipinski definition) is 9. The van der Waals surface area contributed by atoms with Crippen molar-refractivity contribution in [3.8, 4) is 137 Å². The molecule has 0 saturated carbocycles. The van der Waals surface area contributed by atoms with E-state index in [1.807, 2.05) is 182 Å². The van der Waals surface area contributed by atoms with E-state index < -0.39 is 30.2 Å². The molecule has 0 fully saturated rings. The van der Waals surface area contributed by atoms with Gasteiger partial charge < -0.3 is 13.7 Å². The van der Waals surface area contributed by atoms with Crippen LogP contribution in [-0.4, -0.2) is 72.3 Å². The predicted octanol–water partition coefficient (Wildman–Crippen LogP) is 33.2. The van der Waals surface area contributed by atoms with Crippen LogP contribution in [0.2, 0.25) is 0 Å². The Morgan fingerprint density at radius 1 is 0.133 bits per heavy atom. The average molecular weight is 1930 g/mol. The number of hydrogen-bond donors (Lipinski definition) is 0. The summed E-state index contributed by atoms with van der Waals surface area (Å²) in [7, 11) is 0. The summed E-state index contributed by atoms with van der Waals surface area (Å²) in [5.74, 6) is 3.77. The molecule has 0 bridgehead atoms. The van der Waals surface area contributed by atoms with Gasteiger partial charge in [0.2, 0.25) is 17.8 Å². The number of benzene rings is 21. The van der Waals surface area contributed by atoms with Crippen molar-refractivity contribution in [1.29, 1.82) is 0 Å². The van der Waals surface area contributed by atoms with Gasteiger partial charge in [-0.1, -0.05) is 412 Å². The molecule has 21 aromatic carbocycles. The second-order valence-corrected chi connectivity index (χ2v) is 36.4. The van der Waals surface area contributed by atoms with Crippen LogP contribution in [0.15, 0.2) is 527 Å². The second kappa shape index (κ2) is 37.0. The number of rotatable bonds is 15. The maximum absolute atomic E-state index is 8.80. The van der Waals surface area contributed by atoms with Gasteiger partial charge in [-0.25, -0.2) is 15.0 Å². The van der Waals surface area contributed by atoms with Crippen molar-refractivity contribution in [1.82, 2.24) is 72.3 Å². The molecule has 0 amide bonds. The van der Waals surface area contributed by atoms with Gasteiger partial charge in [0.1, 0.15) is 0 Å². The lowest BCUT2D eigenvalue weighted by molar-refractivity contribution is 0.953. The van der Waals surface area contributed by atoms with E-state index in [0.29, 0.717) is 86.2 Å². The highest BCUT2D eigenvalue weighted by Gasteiger charge is 2.28. The SMILES string of the molecule is [2H]c1c([2H])c([2H])c(-c2ccc(-c3nc(-c4ccccc4)nc(-n4c5ccccc5c5cc6c7ccccc7n(-c7ccccc7)c6cc54)n3)cc2)c([2H])c1[2H].[2H]c1c([2H])c([2H])c(-c2cccc(-c3nc(-c4ccccc4)nc(-n4c5ccccc5c5cc6c7ccccc7n(-c7ccccc7)c6cc54)n3)c2)c([2H])c1[2H].[2H]c1c([2H])c([2H])c(-c2ccccc2-c2nc(-c3ccccc3)nc(-n3c4ccccc4c4cc5c6ccccc6n(-c6ccccc6)c5cc43)n2)c([2H])c1[2H]. The average Bonchev–Trinajstić information content (AvgIpc) is 1.56. The molecule has 0 aliphatic heterocycles. The Morgan fingerprint density at radius 2 is 0.367 bits per heavy atom. The molecule has 0 saturated heterocycles. The molecule has 9 aromatic heterocycles. The highest BCUT2D eigenvalue weighted by molar-refractivity contribution is 6.23. The lowest BCUT2D eigenvalue weighted by Crippen LogP contribution is -2.07. The minimum Gasteiger partial charge on any atom is -0.309 e. The first kappa shape index (κ1) is 72.7. The van der Waals surface area contributed by atoms with E-state index in [4.69, 9.17) is 65.4 Å². The summed E-state index contributed by atoms with van der Waals surface area (Å²) in [6.07, 6.45) is 0. The molecule has 0 unspecified atom stereocenters. The Morgan fingerprint density at radius 3 is 0.707 bits per heavy atom. The monoisotopic (exact) mass is 1930 g/mol. The lowest BCUT2D eigenvalue weighted by Gasteiger charge is -2.13. The van der Waals surface area contributed by atoms with Gasteiger partial charge in [0.05, 0.1) is 86.8 Å². The van der Waals surface area contributed by atoms with Gasteiger partial charge in [0.15, 0.2) is 34.9 Å². The van der Waals surface area contributed by atoms with Crippen LogP contribution >= 0.6 is 0 Å². The van der Waals surface area contributed by atoms with E-state index in [1.165, 1.54) is 5.39 Å². The second-order valence-electron chi connectivity index (χ2n) is 36.4. The Hall–Kier alpha value is -20.6. The molecule has 30 aromatic rings. The Kier molecular flexibility index (Phi) is 17.9. The van der Waals surface area contributed by atoms with Crippen molar-refractivity contribution in [3.05, 3.63) is 527 Å². The van der Waals surface area contributed by atoms with Gasteiger partial charge in [-0.15, -0.1) is 0 Å². The summed E-state index contributed by atoms with van der Waals surface area (Å²) in [6, 6.07) is 140. The third-order valence-corrected chi connectivity index (χ3v) is 27.8. The largest absolute Gasteiger partial charge is 0.309 e. The zero-order valence-electron chi connectivity index (χ0n) is 94.8. The van der Waals surface area contributed by atoms with E-state index in [-0.39, 0.29) is 77.1 Å². The number of para-hydroxylation sites is 9. The van der Waals surface area contributed by atoms with Gasteiger partial charge in [-0.2, -0.15) is 29.9 Å². The van der Waals surface area contributed by atoms with Crippen LogP contribution in [0.25, 0.3) is 267 Å². The van der Waals surface area contributed by atoms with Crippen molar-refractivity contribution >= 4 is 131 Å². The number of nitrogens with zero attached hydrogens (tertiary/aromatic N) is 15. The normalized spacial score (nSPS) is 13.0. The summed E-state index contributed by atoms with van der Waals surface area (Å²) in [6.45, 7) is 0. The van der Waals surface area contributed by atoms with Gasteiger partial charge in [0, 0.05) is 115 Å². The van der Waals surface area contributed by atoms with E-state index in [0.717, 1.165) is 159 Å². The highest BCUT2D eigenvalue weighted by atomic mass is 15.2. The zero-order valence-corrected chi connectivity index (χ0v) is 79.8. The fraction of sp³-hybridized carbons (Fsp3) is 0. The summed E-state index contributed by atoms with van der Waals surface area (Å²) in [4.78, 5) is 45.7. The maximum atomic E-state index is 8.80. The molecule has 0 N–H and O–H groups in total. The van der Waals surface area contributed by atoms with E-state index >= 15 is 0 Å². The summed E-state index contributed by atoms with van der Waals surface area (Å²) in [5, 5.41) is 13.2. The quantitative estimate of drug-likeness (QED) is 0.0979. The van der Waals surface area contributed by atoms with Crippen molar-refractivity contribution in [2.45, 2.75) is 0 Å². The molecule has 0 atom stereocenters. The number of aromatic nitrogens is 15. The van der Waals surface area contributed by atoms with Crippen molar-refractivity contribution in [2.24, 2.45) is 0 Å². The topological polar surface area (TPSA) is 146 Å². The first-order valence-electron chi connectivity index (χ1n) is 56.7. The fourth-order valence-electron chi connectivity index (χ4n) is 21.1. The molecule has 15 nitrogen and oxygen atoms in total. The molecule has 9 heterocycles. The molecule has 0 spiro atoms. The van der Waals surface area contributed by atoms with Crippen LogP contribution in [0.5, 0.6) is 0 Å². The number of fused-ring (bicyclic) bond motifs is 18. The smallest absolute Gasteiger partial charge is 0.238 e. The molecule has 0 radical (unpaired) electrons. The first-order valence-corrected chi connectivity index (χ1v) is 49.2. The minimum absolute atomic E-state index is 0.0813. The minimum atomic E-state index is -0.447. The molecule has 15 heteroatoms. The Bertz CT molecular complexity index is 11400. The van der Waals surface area contributed by atoms with Crippen molar-refractivity contribution < 1.29 is 20.6 Å². The van der Waals surface area contributed by atoms with Gasteiger partial charge >= 0.3 is 0 Å². The van der Waals surface area contributed by atoms with Gasteiger partial charge in [-0.3, -0.25) is 13.7 Å². The van der Waals surface area contributed by atoms with E-state index in [2.05, 4.69) is 240 Å². The molecule has 702 valence electrons.